The number of hydrogen-bond donors (Lipinski definition) is 1. The lowest BCUT2D eigenvalue weighted by Crippen LogP contribution is -2.12. The molecule has 1 aliphatic rings. The van der Waals surface area contributed by atoms with Gasteiger partial charge in [-0.1, -0.05) is 12.5 Å². The molecule has 4 heteroatoms. The van der Waals surface area contributed by atoms with Crippen LogP contribution in [-0.2, 0) is 6.42 Å². The lowest BCUT2D eigenvalue weighted by atomic mass is 10.1. The molecule has 3 rings (SSSR count). The van der Waals surface area contributed by atoms with Crippen LogP contribution < -0.4 is 5.73 Å². The Morgan fingerprint density at radius 2 is 2.11 bits per heavy atom. The third kappa shape index (κ3) is 2.11. The van der Waals surface area contributed by atoms with Crippen molar-refractivity contribution in [2.75, 3.05) is 0 Å². The van der Waals surface area contributed by atoms with Gasteiger partial charge in [-0.25, -0.2) is 9.97 Å². The Morgan fingerprint density at radius 3 is 2.94 bits per heavy atom. The number of nitrogens with zero attached hydrogens (tertiary/aromatic N) is 3. The molecule has 2 N–H and O–H groups in total. The molecule has 0 saturated carbocycles. The van der Waals surface area contributed by atoms with Gasteiger partial charge in [0.1, 0.15) is 5.69 Å². The van der Waals surface area contributed by atoms with E-state index in [2.05, 4.69) is 15.0 Å². The first-order chi connectivity index (χ1) is 8.84. The fraction of sp³-hybridized carbons (Fsp3) is 0.357. The highest BCUT2D eigenvalue weighted by Crippen LogP contribution is 2.26. The van der Waals surface area contributed by atoms with Crippen molar-refractivity contribution in [3.8, 4) is 11.5 Å². The lowest BCUT2D eigenvalue weighted by molar-refractivity contribution is 0.614. The zero-order valence-electron chi connectivity index (χ0n) is 10.2. The van der Waals surface area contributed by atoms with Crippen LogP contribution in [0, 0.1) is 0 Å². The average molecular weight is 240 g/mol. The number of aryl methyl sites for hydroxylation is 1. The van der Waals surface area contributed by atoms with Gasteiger partial charge in [0.2, 0.25) is 0 Å². The zero-order chi connectivity index (χ0) is 12.4. The number of hydrogen-bond acceptors (Lipinski definition) is 4. The predicted molar refractivity (Wildman–Crippen MR) is 69.7 cm³/mol. The van der Waals surface area contributed by atoms with Gasteiger partial charge in [0.05, 0.1) is 0 Å². The monoisotopic (exact) mass is 240 g/mol. The molecule has 4 nitrogen and oxygen atoms in total. The first-order valence-corrected chi connectivity index (χ1v) is 6.37. The van der Waals surface area contributed by atoms with Crippen molar-refractivity contribution in [3.63, 3.8) is 0 Å². The molecule has 0 aromatic carbocycles. The molecule has 0 saturated heterocycles. The summed E-state index contributed by atoms with van der Waals surface area (Å²) in [5.41, 5.74) is 9.15. The van der Waals surface area contributed by atoms with Crippen LogP contribution in [0.2, 0.25) is 0 Å². The van der Waals surface area contributed by atoms with E-state index in [1.165, 1.54) is 0 Å². The van der Waals surface area contributed by atoms with E-state index in [9.17, 15) is 0 Å². The van der Waals surface area contributed by atoms with Gasteiger partial charge in [0, 0.05) is 29.7 Å². The smallest absolute Gasteiger partial charge is 0.178 e. The number of rotatable bonds is 1. The SMILES string of the molecule is NC1CCCCc2nc(-c3ccccn3)ncc21. The van der Waals surface area contributed by atoms with Crippen LogP contribution in [0.1, 0.15) is 36.6 Å². The van der Waals surface area contributed by atoms with Crippen molar-refractivity contribution in [2.24, 2.45) is 5.73 Å². The number of nitrogens with two attached hydrogens (primary N) is 1. The Bertz CT molecular complexity index is 539. The van der Waals surface area contributed by atoms with Crippen molar-refractivity contribution in [2.45, 2.75) is 31.7 Å². The Morgan fingerprint density at radius 1 is 1.17 bits per heavy atom. The van der Waals surface area contributed by atoms with Crippen LogP contribution >= 0.6 is 0 Å². The molecule has 92 valence electrons. The van der Waals surface area contributed by atoms with E-state index in [0.29, 0.717) is 5.82 Å². The van der Waals surface area contributed by atoms with Gasteiger partial charge in [0.25, 0.3) is 0 Å². The number of aromatic nitrogens is 3. The summed E-state index contributed by atoms with van der Waals surface area (Å²) in [4.78, 5) is 13.3. The zero-order valence-corrected chi connectivity index (χ0v) is 10.2. The summed E-state index contributed by atoms with van der Waals surface area (Å²) < 4.78 is 0. The fourth-order valence-electron chi connectivity index (χ4n) is 2.37. The standard InChI is InChI=1S/C14H16N4/c15-11-5-1-2-6-12-10(11)9-17-14(18-12)13-7-3-4-8-16-13/h3-4,7-9,11H,1-2,5-6,15H2. The fourth-order valence-corrected chi connectivity index (χ4v) is 2.37. The van der Waals surface area contributed by atoms with E-state index in [4.69, 9.17) is 5.73 Å². The van der Waals surface area contributed by atoms with Gasteiger partial charge in [-0.05, 0) is 31.4 Å². The van der Waals surface area contributed by atoms with Gasteiger partial charge in [-0.2, -0.15) is 0 Å². The highest BCUT2D eigenvalue weighted by atomic mass is 14.9. The number of pyridine rings is 1. The molecule has 0 fully saturated rings. The van der Waals surface area contributed by atoms with Crippen LogP contribution in [0.4, 0.5) is 0 Å². The van der Waals surface area contributed by atoms with Crippen molar-refractivity contribution in [1.82, 2.24) is 15.0 Å². The summed E-state index contributed by atoms with van der Waals surface area (Å²) in [5.74, 6) is 0.698. The van der Waals surface area contributed by atoms with Crippen LogP contribution in [0.3, 0.4) is 0 Å². The highest BCUT2D eigenvalue weighted by Gasteiger charge is 2.17. The Kier molecular flexibility index (Phi) is 3.02. The normalized spacial score (nSPS) is 19.1. The van der Waals surface area contributed by atoms with Gasteiger partial charge >= 0.3 is 0 Å². The molecule has 0 amide bonds. The van der Waals surface area contributed by atoms with E-state index >= 15 is 0 Å². The van der Waals surface area contributed by atoms with E-state index in [-0.39, 0.29) is 6.04 Å². The number of fused-ring (bicyclic) bond motifs is 1. The van der Waals surface area contributed by atoms with Gasteiger partial charge in [-0.3, -0.25) is 4.98 Å². The van der Waals surface area contributed by atoms with Gasteiger partial charge < -0.3 is 5.73 Å². The maximum atomic E-state index is 6.14. The summed E-state index contributed by atoms with van der Waals surface area (Å²) >= 11 is 0. The Hall–Kier alpha value is -1.81. The van der Waals surface area contributed by atoms with E-state index in [1.807, 2.05) is 24.4 Å². The first kappa shape index (κ1) is 11.3. The van der Waals surface area contributed by atoms with E-state index in [1.54, 1.807) is 6.20 Å². The minimum atomic E-state index is 0.0836. The van der Waals surface area contributed by atoms with Crippen LogP contribution in [0.5, 0.6) is 0 Å². The summed E-state index contributed by atoms with van der Waals surface area (Å²) in [6.07, 6.45) is 7.97. The second-order valence-corrected chi connectivity index (χ2v) is 4.66. The predicted octanol–water partition coefficient (Wildman–Crippen LogP) is 2.26. The molecule has 0 aliphatic heterocycles. The first-order valence-electron chi connectivity index (χ1n) is 6.37. The molecule has 0 radical (unpaired) electrons. The largest absolute Gasteiger partial charge is 0.324 e. The third-order valence-corrected chi connectivity index (χ3v) is 3.37. The quantitative estimate of drug-likeness (QED) is 0.776. The van der Waals surface area contributed by atoms with Crippen molar-refractivity contribution in [1.29, 1.82) is 0 Å². The van der Waals surface area contributed by atoms with Gasteiger partial charge in [-0.15, -0.1) is 0 Å². The second kappa shape index (κ2) is 4.82. The molecule has 0 bridgehead atoms. The molecule has 1 aliphatic carbocycles. The average Bonchev–Trinajstić information content (AvgIpc) is 2.61. The molecule has 0 spiro atoms. The molecule has 1 unspecified atom stereocenters. The maximum Gasteiger partial charge on any atom is 0.178 e. The molecular formula is C14H16N4. The molecule has 2 aromatic heterocycles. The summed E-state index contributed by atoms with van der Waals surface area (Å²) in [7, 11) is 0. The van der Waals surface area contributed by atoms with Crippen molar-refractivity contribution >= 4 is 0 Å². The van der Waals surface area contributed by atoms with E-state index < -0.39 is 0 Å². The Balaban J connectivity index is 2.03. The highest BCUT2D eigenvalue weighted by molar-refractivity contribution is 5.49. The Labute approximate surface area is 106 Å². The van der Waals surface area contributed by atoms with E-state index in [0.717, 1.165) is 42.6 Å². The third-order valence-electron chi connectivity index (χ3n) is 3.37. The molecule has 18 heavy (non-hydrogen) atoms. The molecule has 2 heterocycles. The lowest BCUT2D eigenvalue weighted by Gasteiger charge is -2.11. The molecule has 1 atom stereocenters. The topological polar surface area (TPSA) is 64.7 Å². The molecule has 2 aromatic rings. The van der Waals surface area contributed by atoms with Crippen LogP contribution in [0.15, 0.2) is 30.6 Å². The summed E-state index contributed by atoms with van der Waals surface area (Å²) in [5, 5.41) is 0. The second-order valence-electron chi connectivity index (χ2n) is 4.66. The van der Waals surface area contributed by atoms with Crippen molar-refractivity contribution < 1.29 is 0 Å². The minimum Gasteiger partial charge on any atom is -0.324 e. The summed E-state index contributed by atoms with van der Waals surface area (Å²) in [6.45, 7) is 0. The maximum absolute atomic E-state index is 6.14. The van der Waals surface area contributed by atoms with Crippen molar-refractivity contribution in [3.05, 3.63) is 41.9 Å². The van der Waals surface area contributed by atoms with Crippen LogP contribution in [0.25, 0.3) is 11.5 Å². The summed E-state index contributed by atoms with van der Waals surface area (Å²) in [6, 6.07) is 5.85. The van der Waals surface area contributed by atoms with Crippen LogP contribution in [-0.4, -0.2) is 15.0 Å². The van der Waals surface area contributed by atoms with Gasteiger partial charge in [0.15, 0.2) is 5.82 Å². The minimum absolute atomic E-state index is 0.0836. The molecular weight excluding hydrogens is 224 g/mol.